The lowest BCUT2D eigenvalue weighted by Crippen LogP contribution is -2.19. The molecule has 1 aromatic heterocycles. The summed E-state index contributed by atoms with van der Waals surface area (Å²) in [6, 6.07) is 0. The van der Waals surface area contributed by atoms with Gasteiger partial charge in [0.05, 0.1) is 12.8 Å². The van der Waals surface area contributed by atoms with Crippen LogP contribution in [0, 0.1) is 3.95 Å². The van der Waals surface area contributed by atoms with E-state index < -0.39 is 6.09 Å². The highest BCUT2D eigenvalue weighted by molar-refractivity contribution is 7.73. The molecule has 2 N–H and O–H groups in total. The fourth-order valence-electron chi connectivity index (χ4n) is 1.46. The molecule has 6 nitrogen and oxygen atoms in total. The summed E-state index contributed by atoms with van der Waals surface area (Å²) in [6.45, 7) is 4.54. The summed E-state index contributed by atoms with van der Waals surface area (Å²) in [6.07, 6.45) is 0.776. The summed E-state index contributed by atoms with van der Waals surface area (Å²) in [5.41, 5.74) is 2.81. The van der Waals surface area contributed by atoms with Crippen molar-refractivity contribution < 1.29 is 14.6 Å². The molecule has 0 aromatic carbocycles. The van der Waals surface area contributed by atoms with Crippen LogP contribution < -0.4 is 5.43 Å². The number of hydrazone groups is 1. The monoisotopic (exact) mass is 303 g/mol. The maximum Gasteiger partial charge on any atom is 0.427 e. The first-order valence-electron chi connectivity index (χ1n) is 5.88. The molecule has 0 radical (unpaired) electrons. The van der Waals surface area contributed by atoms with E-state index in [1.807, 2.05) is 13.8 Å². The zero-order chi connectivity index (χ0) is 14.4. The minimum Gasteiger partial charge on any atom is -0.493 e. The Morgan fingerprint density at radius 3 is 2.79 bits per heavy atom. The number of nitrogens with zero attached hydrogens (tertiary/aromatic N) is 2. The Kier molecular flexibility index (Phi) is 5.97. The Hall–Kier alpha value is -1.41. The minimum atomic E-state index is -0.651. The van der Waals surface area contributed by atoms with Crippen LogP contribution in [0.25, 0.3) is 0 Å². The van der Waals surface area contributed by atoms with Crippen molar-refractivity contribution in [3.63, 3.8) is 0 Å². The summed E-state index contributed by atoms with van der Waals surface area (Å²) >= 11 is 6.48. The predicted octanol–water partition coefficient (Wildman–Crippen LogP) is 2.86. The smallest absolute Gasteiger partial charge is 0.427 e. The Morgan fingerprint density at radius 2 is 2.26 bits per heavy atom. The average molecular weight is 303 g/mol. The van der Waals surface area contributed by atoms with Gasteiger partial charge < -0.3 is 9.84 Å². The maximum atomic E-state index is 11.0. The number of carbonyl (C=O) groups is 1. The zero-order valence-electron chi connectivity index (χ0n) is 11.1. The number of methoxy groups -OCH3 is 1. The van der Waals surface area contributed by atoms with Gasteiger partial charge in [-0.2, -0.15) is 5.10 Å². The van der Waals surface area contributed by atoms with Gasteiger partial charge in [-0.3, -0.25) is 4.57 Å². The van der Waals surface area contributed by atoms with Crippen LogP contribution in [0.15, 0.2) is 5.10 Å². The average Bonchev–Trinajstić information content (AvgIpc) is 2.68. The molecule has 0 aliphatic carbocycles. The molecule has 1 rings (SSSR count). The number of hydrogen-bond donors (Lipinski definition) is 2. The van der Waals surface area contributed by atoms with E-state index in [2.05, 4.69) is 15.3 Å². The van der Waals surface area contributed by atoms with E-state index in [0.717, 1.165) is 6.42 Å². The van der Waals surface area contributed by atoms with Gasteiger partial charge in [0.1, 0.15) is 4.88 Å². The van der Waals surface area contributed by atoms with E-state index in [-0.39, 0.29) is 5.88 Å². The molecule has 0 bridgehead atoms. The summed E-state index contributed by atoms with van der Waals surface area (Å²) in [5, 5.41) is 14.1. The molecule has 0 spiro atoms. The third-order valence-electron chi connectivity index (χ3n) is 2.38. The van der Waals surface area contributed by atoms with Crippen LogP contribution in [0.5, 0.6) is 5.88 Å². The van der Waals surface area contributed by atoms with E-state index in [4.69, 9.17) is 12.2 Å². The Morgan fingerprint density at radius 1 is 1.58 bits per heavy atom. The normalized spacial score (nSPS) is 11.4. The van der Waals surface area contributed by atoms with Crippen LogP contribution in [0.4, 0.5) is 4.79 Å². The van der Waals surface area contributed by atoms with Crippen molar-refractivity contribution in [1.29, 1.82) is 0 Å². The summed E-state index contributed by atoms with van der Waals surface area (Å²) in [4.78, 5) is 11.6. The van der Waals surface area contributed by atoms with E-state index >= 15 is 0 Å². The predicted molar refractivity (Wildman–Crippen MR) is 77.5 cm³/mol. The fourth-order valence-corrected chi connectivity index (χ4v) is 2.85. The van der Waals surface area contributed by atoms with Crippen molar-refractivity contribution in [2.75, 3.05) is 7.11 Å². The molecule has 0 aliphatic rings. The highest BCUT2D eigenvalue weighted by Gasteiger charge is 2.16. The van der Waals surface area contributed by atoms with Gasteiger partial charge in [-0.05, 0) is 25.1 Å². The van der Waals surface area contributed by atoms with Gasteiger partial charge in [-0.15, -0.1) is 0 Å². The molecule has 8 heteroatoms. The molecule has 0 aliphatic heterocycles. The number of nitrogens with one attached hydrogen (secondary N) is 1. The number of aromatic nitrogens is 1. The van der Waals surface area contributed by atoms with Gasteiger partial charge in [-0.1, -0.05) is 25.2 Å². The molecule has 0 fully saturated rings. The maximum absolute atomic E-state index is 11.0. The van der Waals surface area contributed by atoms with Crippen molar-refractivity contribution in [2.45, 2.75) is 33.2 Å². The van der Waals surface area contributed by atoms with Crippen molar-refractivity contribution in [3.05, 3.63) is 8.83 Å². The van der Waals surface area contributed by atoms with Gasteiger partial charge in [0, 0.05) is 6.54 Å². The quantitative estimate of drug-likeness (QED) is 0.498. The van der Waals surface area contributed by atoms with Gasteiger partial charge in [0.15, 0.2) is 3.95 Å². The third-order valence-corrected chi connectivity index (χ3v) is 3.87. The molecule has 1 aromatic rings. The Balaban J connectivity index is 3.09. The van der Waals surface area contributed by atoms with Crippen LogP contribution in [-0.4, -0.2) is 28.6 Å². The van der Waals surface area contributed by atoms with E-state index in [1.54, 1.807) is 4.57 Å². The number of rotatable bonds is 5. The lowest BCUT2D eigenvalue weighted by molar-refractivity contribution is 0.171. The summed E-state index contributed by atoms with van der Waals surface area (Å²) in [7, 11) is 1.26. The summed E-state index contributed by atoms with van der Waals surface area (Å²) in [5.74, 6) is 0.101. The van der Waals surface area contributed by atoms with Gasteiger partial charge in [0.2, 0.25) is 5.88 Å². The lowest BCUT2D eigenvalue weighted by atomic mass is 10.2. The van der Waals surface area contributed by atoms with Crippen molar-refractivity contribution in [2.24, 2.45) is 5.10 Å². The fraction of sp³-hybridized carbons (Fsp3) is 0.545. The van der Waals surface area contributed by atoms with Crippen LogP contribution in [0.1, 0.15) is 31.6 Å². The highest BCUT2D eigenvalue weighted by atomic mass is 32.1. The molecule has 0 saturated carbocycles. The molecule has 106 valence electrons. The van der Waals surface area contributed by atoms with Crippen LogP contribution in [0.2, 0.25) is 0 Å². The standard InChI is InChI=1S/C11H17N3O3S2/c1-4-6-14-9(15)8(19-11(14)18)7(5-2)12-13-10(16)17-3/h15H,4-6H2,1-3H3,(H,13,16)/b12-7+. The third kappa shape index (κ3) is 3.77. The first kappa shape index (κ1) is 15.6. The van der Waals surface area contributed by atoms with Crippen molar-refractivity contribution >= 4 is 35.4 Å². The first-order chi connectivity index (χ1) is 9.04. The molecular formula is C11H17N3O3S2. The number of ether oxygens (including phenoxy) is 1. The largest absolute Gasteiger partial charge is 0.493 e. The molecule has 0 saturated heterocycles. The van der Waals surface area contributed by atoms with Crippen LogP contribution in [-0.2, 0) is 11.3 Å². The van der Waals surface area contributed by atoms with Gasteiger partial charge in [-0.25, -0.2) is 10.2 Å². The van der Waals surface area contributed by atoms with Crippen molar-refractivity contribution in [3.8, 4) is 5.88 Å². The molecule has 0 unspecified atom stereocenters. The van der Waals surface area contributed by atoms with Crippen molar-refractivity contribution in [1.82, 2.24) is 9.99 Å². The number of hydrogen-bond acceptors (Lipinski definition) is 6. The van der Waals surface area contributed by atoms with E-state index in [9.17, 15) is 9.90 Å². The zero-order valence-corrected chi connectivity index (χ0v) is 12.7. The number of carbonyl (C=O) groups excluding carboxylic acids is 1. The van der Waals surface area contributed by atoms with Gasteiger partial charge in [0.25, 0.3) is 0 Å². The Labute approximate surface area is 120 Å². The summed E-state index contributed by atoms with van der Waals surface area (Å²) < 4.78 is 6.69. The van der Waals surface area contributed by atoms with E-state index in [0.29, 0.717) is 27.5 Å². The number of aromatic hydroxyl groups is 1. The van der Waals surface area contributed by atoms with Gasteiger partial charge >= 0.3 is 6.09 Å². The van der Waals surface area contributed by atoms with Crippen LogP contribution >= 0.6 is 23.6 Å². The second-order valence-corrected chi connectivity index (χ2v) is 5.33. The topological polar surface area (TPSA) is 75.9 Å². The SMILES string of the molecule is CCCn1c(O)c(/C(CC)=N/NC(=O)OC)sc1=S. The highest BCUT2D eigenvalue weighted by Crippen LogP contribution is 2.27. The van der Waals surface area contributed by atoms with Crippen LogP contribution in [0.3, 0.4) is 0 Å². The second kappa shape index (κ2) is 7.25. The molecule has 0 atom stereocenters. The van der Waals surface area contributed by atoms with E-state index in [1.165, 1.54) is 18.4 Å². The number of thiazole rings is 1. The first-order valence-corrected chi connectivity index (χ1v) is 7.11. The molecule has 1 amide bonds. The molecule has 1 heterocycles. The molecule has 19 heavy (non-hydrogen) atoms. The lowest BCUT2D eigenvalue weighted by Gasteiger charge is -2.04. The second-order valence-electron chi connectivity index (χ2n) is 3.69. The minimum absolute atomic E-state index is 0.101. The number of amides is 1. The Bertz CT molecular complexity index is 534. The molecular weight excluding hydrogens is 286 g/mol.